The fourth-order valence-corrected chi connectivity index (χ4v) is 2.08. The first-order valence-corrected chi connectivity index (χ1v) is 7.36. The first-order chi connectivity index (χ1) is 10.8. The van der Waals surface area contributed by atoms with Gasteiger partial charge >= 0.3 is 0 Å². The fraction of sp³-hybridized carbons (Fsp3) is 0.412. The minimum atomic E-state index is -0.501. The number of nitrogens with one attached hydrogen (secondary N) is 2. The number of ether oxygens (including phenoxy) is 2. The van der Waals surface area contributed by atoms with E-state index in [2.05, 4.69) is 15.5 Å². The predicted octanol–water partition coefficient (Wildman–Crippen LogP) is 3.39. The number of carbonyl (C=O) groups excluding carboxylic acids is 1. The van der Waals surface area contributed by atoms with Crippen molar-refractivity contribution in [3.63, 3.8) is 0 Å². The number of hydrogen-bond donors (Lipinski definition) is 2. The van der Waals surface area contributed by atoms with Gasteiger partial charge in [-0.25, -0.2) is 0 Å². The maximum atomic E-state index is 12.3. The van der Waals surface area contributed by atoms with Gasteiger partial charge in [0.25, 0.3) is 0 Å². The van der Waals surface area contributed by atoms with Gasteiger partial charge in [0.2, 0.25) is 5.91 Å². The van der Waals surface area contributed by atoms with Crippen LogP contribution in [0, 0.1) is 12.3 Å². The molecule has 0 fully saturated rings. The molecule has 0 radical (unpaired) electrons. The molecule has 124 valence electrons. The second kappa shape index (κ2) is 6.32. The minimum absolute atomic E-state index is 0.0786. The molecule has 0 aliphatic carbocycles. The minimum Gasteiger partial charge on any atom is -0.497 e. The molecule has 0 bridgehead atoms. The number of anilines is 1. The highest BCUT2D eigenvalue weighted by Gasteiger charge is 2.25. The molecule has 6 nitrogen and oxygen atoms in total. The van der Waals surface area contributed by atoms with Crippen LogP contribution in [0.15, 0.2) is 18.2 Å². The number of amides is 1. The highest BCUT2D eigenvalue weighted by Crippen LogP contribution is 2.37. The number of H-pyrrole nitrogens is 1. The molecule has 2 aromatic rings. The van der Waals surface area contributed by atoms with E-state index in [1.54, 1.807) is 14.2 Å². The molecular weight excluding hydrogens is 294 g/mol. The van der Waals surface area contributed by atoms with Crippen molar-refractivity contribution in [3.05, 3.63) is 23.9 Å². The lowest BCUT2D eigenvalue weighted by Crippen LogP contribution is -2.28. The molecule has 0 saturated carbocycles. The van der Waals surface area contributed by atoms with E-state index in [0.717, 1.165) is 11.3 Å². The third-order valence-corrected chi connectivity index (χ3v) is 3.53. The summed E-state index contributed by atoms with van der Waals surface area (Å²) in [5.41, 5.74) is 2.30. The summed E-state index contributed by atoms with van der Waals surface area (Å²) in [4.78, 5) is 12.3. The molecule has 1 aromatic carbocycles. The standard InChI is InChI=1S/C17H23N3O3/c1-10-14(18-16(21)17(2,3)4)15(20-19-10)12-9-11(22-5)7-8-13(12)23-6/h7-9H,1-6H3,(H,18,21)(H,19,20). The summed E-state index contributed by atoms with van der Waals surface area (Å²) in [6.45, 7) is 7.46. The first kappa shape index (κ1) is 16.9. The summed E-state index contributed by atoms with van der Waals surface area (Å²) in [6, 6.07) is 5.46. The summed E-state index contributed by atoms with van der Waals surface area (Å²) < 4.78 is 10.7. The average Bonchev–Trinajstić information content (AvgIpc) is 2.86. The number of benzene rings is 1. The first-order valence-electron chi connectivity index (χ1n) is 7.36. The average molecular weight is 317 g/mol. The SMILES string of the molecule is COc1ccc(OC)c(-c2n[nH]c(C)c2NC(=O)C(C)(C)C)c1. The molecule has 0 aliphatic heterocycles. The van der Waals surface area contributed by atoms with Gasteiger partial charge in [-0.15, -0.1) is 0 Å². The Morgan fingerprint density at radius 2 is 1.91 bits per heavy atom. The van der Waals surface area contributed by atoms with E-state index in [0.29, 0.717) is 22.9 Å². The van der Waals surface area contributed by atoms with Crippen LogP contribution >= 0.6 is 0 Å². The topological polar surface area (TPSA) is 76.2 Å². The predicted molar refractivity (Wildman–Crippen MR) is 89.9 cm³/mol. The second-order valence-electron chi connectivity index (χ2n) is 6.34. The van der Waals surface area contributed by atoms with Crippen molar-refractivity contribution in [1.29, 1.82) is 0 Å². The third-order valence-electron chi connectivity index (χ3n) is 3.53. The third kappa shape index (κ3) is 3.47. The van der Waals surface area contributed by atoms with Crippen LogP contribution in [0.1, 0.15) is 26.5 Å². The highest BCUT2D eigenvalue weighted by atomic mass is 16.5. The van der Waals surface area contributed by atoms with Crippen molar-refractivity contribution in [1.82, 2.24) is 10.2 Å². The van der Waals surface area contributed by atoms with Gasteiger partial charge in [0.05, 0.1) is 25.6 Å². The van der Waals surface area contributed by atoms with Crippen molar-refractivity contribution in [2.75, 3.05) is 19.5 Å². The van der Waals surface area contributed by atoms with E-state index >= 15 is 0 Å². The molecule has 1 amide bonds. The van der Waals surface area contributed by atoms with Gasteiger partial charge in [-0.05, 0) is 25.1 Å². The Bertz CT molecular complexity index is 714. The van der Waals surface area contributed by atoms with Crippen LogP contribution in [-0.2, 0) is 4.79 Å². The smallest absolute Gasteiger partial charge is 0.229 e. The lowest BCUT2D eigenvalue weighted by molar-refractivity contribution is -0.123. The molecule has 0 spiro atoms. The van der Waals surface area contributed by atoms with E-state index in [9.17, 15) is 4.79 Å². The number of aromatic nitrogens is 2. The van der Waals surface area contributed by atoms with Crippen LogP contribution in [0.5, 0.6) is 11.5 Å². The van der Waals surface area contributed by atoms with Gasteiger partial charge in [0, 0.05) is 11.0 Å². The Kier molecular flexibility index (Phi) is 4.63. The van der Waals surface area contributed by atoms with Crippen LogP contribution in [0.4, 0.5) is 5.69 Å². The van der Waals surface area contributed by atoms with Gasteiger partial charge in [-0.2, -0.15) is 5.10 Å². The van der Waals surface area contributed by atoms with E-state index in [-0.39, 0.29) is 5.91 Å². The number of methoxy groups -OCH3 is 2. The van der Waals surface area contributed by atoms with Crippen molar-refractivity contribution >= 4 is 11.6 Å². The Labute approximate surface area is 136 Å². The Balaban J connectivity index is 2.52. The Hall–Kier alpha value is -2.50. The fourth-order valence-electron chi connectivity index (χ4n) is 2.08. The van der Waals surface area contributed by atoms with Crippen LogP contribution in [-0.4, -0.2) is 30.3 Å². The van der Waals surface area contributed by atoms with Gasteiger partial charge < -0.3 is 14.8 Å². The second-order valence-corrected chi connectivity index (χ2v) is 6.34. The molecule has 1 aromatic heterocycles. The van der Waals surface area contributed by atoms with Crippen LogP contribution in [0.2, 0.25) is 0 Å². The molecular formula is C17H23N3O3. The maximum absolute atomic E-state index is 12.3. The molecule has 0 saturated heterocycles. The number of aromatic amines is 1. The summed E-state index contributed by atoms with van der Waals surface area (Å²) in [6.07, 6.45) is 0. The van der Waals surface area contributed by atoms with Crippen molar-refractivity contribution in [2.45, 2.75) is 27.7 Å². The maximum Gasteiger partial charge on any atom is 0.229 e. The van der Waals surface area contributed by atoms with Gasteiger partial charge in [-0.3, -0.25) is 9.89 Å². The molecule has 2 rings (SSSR count). The summed E-state index contributed by atoms with van der Waals surface area (Å²) in [7, 11) is 3.20. The number of nitrogens with zero attached hydrogens (tertiary/aromatic N) is 1. The van der Waals surface area contributed by atoms with Crippen LogP contribution in [0.3, 0.4) is 0 Å². The molecule has 6 heteroatoms. The van der Waals surface area contributed by atoms with E-state index < -0.39 is 5.41 Å². The highest BCUT2D eigenvalue weighted by molar-refractivity contribution is 5.98. The normalized spacial score (nSPS) is 11.2. The van der Waals surface area contributed by atoms with Crippen LogP contribution in [0.25, 0.3) is 11.3 Å². The number of aryl methyl sites for hydroxylation is 1. The molecule has 1 heterocycles. The summed E-state index contributed by atoms with van der Waals surface area (Å²) >= 11 is 0. The summed E-state index contributed by atoms with van der Waals surface area (Å²) in [5.74, 6) is 1.27. The van der Waals surface area contributed by atoms with E-state index in [1.165, 1.54) is 0 Å². The largest absolute Gasteiger partial charge is 0.497 e. The van der Waals surface area contributed by atoms with E-state index in [4.69, 9.17) is 9.47 Å². The monoisotopic (exact) mass is 317 g/mol. The van der Waals surface area contributed by atoms with Crippen molar-refractivity contribution in [3.8, 4) is 22.8 Å². The van der Waals surface area contributed by atoms with Gasteiger partial charge in [-0.1, -0.05) is 20.8 Å². The van der Waals surface area contributed by atoms with Crippen LogP contribution < -0.4 is 14.8 Å². The van der Waals surface area contributed by atoms with Gasteiger partial charge in [0.15, 0.2) is 0 Å². The Morgan fingerprint density at radius 3 is 2.48 bits per heavy atom. The van der Waals surface area contributed by atoms with E-state index in [1.807, 2.05) is 45.9 Å². The molecule has 23 heavy (non-hydrogen) atoms. The quantitative estimate of drug-likeness (QED) is 0.906. The summed E-state index contributed by atoms with van der Waals surface area (Å²) in [5, 5.41) is 10.2. The molecule has 0 unspecified atom stereocenters. The molecule has 0 aliphatic rings. The zero-order chi connectivity index (χ0) is 17.2. The van der Waals surface area contributed by atoms with Crippen molar-refractivity contribution < 1.29 is 14.3 Å². The lowest BCUT2D eigenvalue weighted by atomic mass is 9.95. The molecule has 2 N–H and O–H groups in total. The number of carbonyl (C=O) groups is 1. The zero-order valence-corrected chi connectivity index (χ0v) is 14.4. The zero-order valence-electron chi connectivity index (χ0n) is 14.4. The number of rotatable bonds is 4. The van der Waals surface area contributed by atoms with Crippen molar-refractivity contribution in [2.24, 2.45) is 5.41 Å². The van der Waals surface area contributed by atoms with Gasteiger partial charge in [0.1, 0.15) is 17.2 Å². The molecule has 0 atom stereocenters. The Morgan fingerprint density at radius 1 is 1.22 bits per heavy atom. The number of hydrogen-bond acceptors (Lipinski definition) is 4. The lowest BCUT2D eigenvalue weighted by Gasteiger charge is -2.18.